The highest BCUT2D eigenvalue weighted by Crippen LogP contribution is 2.24. The molecular weight excluding hydrogens is 336 g/mol. The second-order valence-corrected chi connectivity index (χ2v) is 6.02. The summed E-state index contributed by atoms with van der Waals surface area (Å²) in [5, 5.41) is 16.3. The highest BCUT2D eigenvalue weighted by Gasteiger charge is 2.18. The third-order valence-corrected chi connectivity index (χ3v) is 4.28. The number of thiophene rings is 1. The van der Waals surface area contributed by atoms with Crippen molar-refractivity contribution in [3.63, 3.8) is 0 Å². The maximum atomic E-state index is 12.2. The van der Waals surface area contributed by atoms with Gasteiger partial charge in [0.1, 0.15) is 6.07 Å². The van der Waals surface area contributed by atoms with Gasteiger partial charge in [0.05, 0.1) is 23.0 Å². The van der Waals surface area contributed by atoms with Crippen LogP contribution in [0.15, 0.2) is 35.7 Å². The van der Waals surface area contributed by atoms with E-state index in [0.29, 0.717) is 10.7 Å². The van der Waals surface area contributed by atoms with Gasteiger partial charge in [-0.15, -0.1) is 11.3 Å². The normalized spacial score (nSPS) is 11.3. The molecule has 0 spiro atoms. The van der Waals surface area contributed by atoms with Crippen LogP contribution < -0.4 is 16.4 Å². The van der Waals surface area contributed by atoms with Gasteiger partial charge in [-0.1, -0.05) is 17.7 Å². The predicted octanol–water partition coefficient (Wildman–Crippen LogP) is 3.01. The molecule has 1 atom stereocenters. The predicted molar refractivity (Wildman–Crippen MR) is 89.2 cm³/mol. The minimum atomic E-state index is -0.700. The number of halogens is 1. The summed E-state index contributed by atoms with van der Waals surface area (Å²) < 4.78 is 0. The van der Waals surface area contributed by atoms with Gasteiger partial charge in [-0.2, -0.15) is 5.26 Å². The molecule has 3 amide bonds. The highest BCUT2D eigenvalue weighted by atomic mass is 35.5. The van der Waals surface area contributed by atoms with Crippen LogP contribution in [0.4, 0.5) is 10.5 Å². The van der Waals surface area contributed by atoms with Crippen LogP contribution in [-0.4, -0.2) is 11.9 Å². The molecule has 1 unspecified atom stereocenters. The van der Waals surface area contributed by atoms with Gasteiger partial charge in [-0.05, 0) is 29.6 Å². The molecule has 0 saturated carbocycles. The Morgan fingerprint density at radius 3 is 2.78 bits per heavy atom. The number of anilines is 1. The van der Waals surface area contributed by atoms with Crippen molar-refractivity contribution in [2.45, 2.75) is 12.5 Å². The minimum absolute atomic E-state index is 0.0218. The van der Waals surface area contributed by atoms with Crippen LogP contribution in [0.1, 0.15) is 22.9 Å². The van der Waals surface area contributed by atoms with Gasteiger partial charge in [0.25, 0.3) is 0 Å². The van der Waals surface area contributed by atoms with E-state index in [9.17, 15) is 9.59 Å². The summed E-state index contributed by atoms with van der Waals surface area (Å²) in [5.74, 6) is -0.316. The van der Waals surface area contributed by atoms with Crippen LogP contribution in [0.3, 0.4) is 0 Å². The molecule has 1 aromatic heterocycles. The van der Waals surface area contributed by atoms with Crippen LogP contribution in [0.2, 0.25) is 5.02 Å². The first-order valence-electron chi connectivity index (χ1n) is 6.58. The second-order valence-electron chi connectivity index (χ2n) is 4.64. The van der Waals surface area contributed by atoms with E-state index in [2.05, 4.69) is 10.6 Å². The molecule has 1 aromatic carbocycles. The standard InChI is InChI=1S/C15H13ClN4O2S/c16-11-4-3-10(6-9(11)8-17)19-14(21)7-12(20-15(18)22)13-2-1-5-23-13/h1-6,12H,7H2,(H,19,21)(H3,18,20,22). The molecule has 118 valence electrons. The number of nitrogens with two attached hydrogens (primary N) is 1. The molecule has 23 heavy (non-hydrogen) atoms. The topological polar surface area (TPSA) is 108 Å². The van der Waals surface area contributed by atoms with Crippen LogP contribution in [0.25, 0.3) is 0 Å². The van der Waals surface area contributed by atoms with E-state index >= 15 is 0 Å². The van der Waals surface area contributed by atoms with Crippen molar-refractivity contribution < 1.29 is 9.59 Å². The lowest BCUT2D eigenvalue weighted by Gasteiger charge is -2.16. The van der Waals surface area contributed by atoms with E-state index in [4.69, 9.17) is 22.6 Å². The Morgan fingerprint density at radius 2 is 2.17 bits per heavy atom. The van der Waals surface area contributed by atoms with E-state index in [0.717, 1.165) is 4.88 Å². The number of carbonyl (C=O) groups is 2. The number of hydrogen-bond donors (Lipinski definition) is 3. The quantitative estimate of drug-likeness (QED) is 0.772. The smallest absolute Gasteiger partial charge is 0.312 e. The molecule has 0 aliphatic carbocycles. The van der Waals surface area contributed by atoms with Gasteiger partial charge in [0, 0.05) is 10.6 Å². The van der Waals surface area contributed by atoms with Crippen molar-refractivity contribution in [3.8, 4) is 6.07 Å². The van der Waals surface area contributed by atoms with Gasteiger partial charge in [-0.25, -0.2) is 4.79 Å². The summed E-state index contributed by atoms with van der Waals surface area (Å²) in [7, 11) is 0. The van der Waals surface area contributed by atoms with Crippen molar-refractivity contribution in [3.05, 3.63) is 51.2 Å². The average Bonchev–Trinajstić information content (AvgIpc) is 3.02. The van der Waals surface area contributed by atoms with Gasteiger partial charge >= 0.3 is 6.03 Å². The molecule has 0 bridgehead atoms. The Hall–Kier alpha value is -2.56. The maximum absolute atomic E-state index is 12.2. The average molecular weight is 349 g/mol. The van der Waals surface area contributed by atoms with Gasteiger partial charge in [0.2, 0.25) is 5.91 Å². The van der Waals surface area contributed by atoms with E-state index in [1.54, 1.807) is 6.07 Å². The van der Waals surface area contributed by atoms with Crippen molar-refractivity contribution in [1.29, 1.82) is 5.26 Å². The maximum Gasteiger partial charge on any atom is 0.312 e. The summed E-state index contributed by atoms with van der Waals surface area (Å²) in [4.78, 5) is 24.1. The van der Waals surface area contributed by atoms with E-state index in [1.165, 1.54) is 23.5 Å². The number of rotatable bonds is 5. The molecule has 2 aromatic rings. The zero-order valence-electron chi connectivity index (χ0n) is 11.9. The Kier molecular flexibility index (Phi) is 5.57. The van der Waals surface area contributed by atoms with Crippen molar-refractivity contribution in [2.75, 3.05) is 5.32 Å². The van der Waals surface area contributed by atoms with E-state index in [-0.39, 0.29) is 17.9 Å². The summed E-state index contributed by atoms with van der Waals surface area (Å²) in [6.45, 7) is 0. The van der Waals surface area contributed by atoms with E-state index in [1.807, 2.05) is 23.6 Å². The first kappa shape index (κ1) is 16.8. The van der Waals surface area contributed by atoms with Crippen molar-refractivity contribution >= 4 is 40.6 Å². The molecule has 0 fully saturated rings. The molecule has 0 aliphatic heterocycles. The molecule has 2 rings (SSSR count). The number of hydrogen-bond acceptors (Lipinski definition) is 4. The van der Waals surface area contributed by atoms with E-state index < -0.39 is 12.1 Å². The molecule has 0 aliphatic rings. The third-order valence-electron chi connectivity index (χ3n) is 2.96. The Bertz CT molecular complexity index is 755. The van der Waals surface area contributed by atoms with Crippen LogP contribution in [-0.2, 0) is 4.79 Å². The Labute approximate surface area is 141 Å². The third kappa shape index (κ3) is 4.71. The zero-order chi connectivity index (χ0) is 16.8. The summed E-state index contributed by atoms with van der Waals surface area (Å²) >= 11 is 7.27. The lowest BCUT2D eigenvalue weighted by Crippen LogP contribution is -2.34. The first-order valence-corrected chi connectivity index (χ1v) is 7.84. The van der Waals surface area contributed by atoms with Crippen LogP contribution in [0.5, 0.6) is 0 Å². The van der Waals surface area contributed by atoms with Gasteiger partial charge in [-0.3, -0.25) is 4.79 Å². The fraction of sp³-hybridized carbons (Fsp3) is 0.133. The largest absolute Gasteiger partial charge is 0.352 e. The van der Waals surface area contributed by atoms with Crippen LogP contribution >= 0.6 is 22.9 Å². The molecule has 0 saturated heterocycles. The minimum Gasteiger partial charge on any atom is -0.352 e. The molecule has 8 heteroatoms. The Balaban J connectivity index is 2.07. The number of nitrogens with zero attached hydrogens (tertiary/aromatic N) is 1. The van der Waals surface area contributed by atoms with Crippen molar-refractivity contribution in [1.82, 2.24) is 5.32 Å². The zero-order valence-corrected chi connectivity index (χ0v) is 13.4. The van der Waals surface area contributed by atoms with Gasteiger partial charge in [0.15, 0.2) is 0 Å². The highest BCUT2D eigenvalue weighted by molar-refractivity contribution is 7.10. The lowest BCUT2D eigenvalue weighted by molar-refractivity contribution is -0.116. The number of nitriles is 1. The molecule has 6 nitrogen and oxygen atoms in total. The SMILES string of the molecule is N#Cc1cc(NC(=O)CC(NC(N)=O)c2cccs2)ccc1Cl. The number of amides is 3. The summed E-state index contributed by atoms with van der Waals surface area (Å²) in [6.07, 6.45) is 0.0218. The Morgan fingerprint density at radius 1 is 1.39 bits per heavy atom. The number of nitrogens with one attached hydrogen (secondary N) is 2. The molecule has 0 radical (unpaired) electrons. The number of carbonyl (C=O) groups excluding carboxylic acids is 2. The van der Waals surface area contributed by atoms with Gasteiger partial charge < -0.3 is 16.4 Å². The number of primary amides is 1. The lowest BCUT2D eigenvalue weighted by atomic mass is 10.1. The number of urea groups is 1. The molecular formula is C15H13ClN4O2S. The second kappa shape index (κ2) is 7.63. The fourth-order valence-electron chi connectivity index (χ4n) is 1.97. The molecule has 1 heterocycles. The first-order chi connectivity index (χ1) is 11.0. The monoisotopic (exact) mass is 348 g/mol. The summed E-state index contributed by atoms with van der Waals surface area (Å²) in [6, 6.07) is 9.00. The molecule has 4 N–H and O–H groups in total. The number of benzene rings is 1. The van der Waals surface area contributed by atoms with Crippen LogP contribution in [0, 0.1) is 11.3 Å². The summed E-state index contributed by atoms with van der Waals surface area (Å²) in [5.41, 5.74) is 5.89. The van der Waals surface area contributed by atoms with Crippen molar-refractivity contribution in [2.24, 2.45) is 5.73 Å². The fourth-order valence-corrected chi connectivity index (χ4v) is 2.91.